The fourth-order valence-electron chi connectivity index (χ4n) is 2.17. The summed E-state index contributed by atoms with van der Waals surface area (Å²) in [5.41, 5.74) is 2.13. The van der Waals surface area contributed by atoms with E-state index in [4.69, 9.17) is 11.6 Å². The molecule has 2 rings (SSSR count). The molecule has 1 unspecified atom stereocenters. The standard InChI is InChI=1S/C15H19ClFN3/c1-3-6-18-15(7-11-9-19-20(2)10-11)12-4-5-14(17)13(16)8-12/h4-5,8-10,15,18H,3,6-7H2,1-2H3. The summed E-state index contributed by atoms with van der Waals surface area (Å²) >= 11 is 5.88. The van der Waals surface area contributed by atoms with Crippen LogP contribution < -0.4 is 5.32 Å². The van der Waals surface area contributed by atoms with Gasteiger partial charge in [-0.1, -0.05) is 24.6 Å². The van der Waals surface area contributed by atoms with E-state index < -0.39 is 0 Å². The van der Waals surface area contributed by atoms with Crippen LogP contribution in [0.25, 0.3) is 0 Å². The van der Waals surface area contributed by atoms with Gasteiger partial charge in [-0.3, -0.25) is 4.68 Å². The van der Waals surface area contributed by atoms with E-state index >= 15 is 0 Å². The van der Waals surface area contributed by atoms with E-state index in [0.29, 0.717) is 0 Å². The second-order valence-corrected chi connectivity index (χ2v) is 5.31. The van der Waals surface area contributed by atoms with Crippen molar-refractivity contribution in [1.29, 1.82) is 0 Å². The first-order chi connectivity index (χ1) is 9.60. The average Bonchev–Trinajstić information content (AvgIpc) is 2.83. The Balaban J connectivity index is 2.19. The molecule has 3 nitrogen and oxygen atoms in total. The van der Waals surface area contributed by atoms with Gasteiger partial charge in [-0.2, -0.15) is 5.10 Å². The predicted octanol–water partition coefficient (Wildman–Crippen LogP) is 3.50. The van der Waals surface area contributed by atoms with Gasteiger partial charge in [-0.25, -0.2) is 4.39 Å². The molecule has 1 heterocycles. The van der Waals surface area contributed by atoms with Gasteiger partial charge in [0.1, 0.15) is 5.82 Å². The van der Waals surface area contributed by atoms with Crippen LogP contribution in [-0.2, 0) is 13.5 Å². The zero-order valence-corrected chi connectivity index (χ0v) is 12.5. The molecule has 1 aromatic heterocycles. The Hall–Kier alpha value is -1.39. The molecule has 1 N–H and O–H groups in total. The fourth-order valence-corrected chi connectivity index (χ4v) is 2.36. The molecule has 0 amide bonds. The van der Waals surface area contributed by atoms with E-state index in [9.17, 15) is 4.39 Å². The van der Waals surface area contributed by atoms with Gasteiger partial charge in [0, 0.05) is 19.3 Å². The van der Waals surface area contributed by atoms with Gasteiger partial charge < -0.3 is 5.32 Å². The van der Waals surface area contributed by atoms with Crippen LogP contribution >= 0.6 is 11.6 Å². The molecular formula is C15H19ClFN3. The lowest BCUT2D eigenvalue weighted by Crippen LogP contribution is -2.24. The van der Waals surface area contributed by atoms with Crippen molar-refractivity contribution in [3.05, 3.63) is 52.6 Å². The molecule has 1 aromatic carbocycles. The minimum atomic E-state index is -0.383. The van der Waals surface area contributed by atoms with Crippen molar-refractivity contribution < 1.29 is 4.39 Å². The first kappa shape index (κ1) is 15.0. The van der Waals surface area contributed by atoms with Crippen molar-refractivity contribution in [2.45, 2.75) is 25.8 Å². The molecule has 0 aliphatic heterocycles. The van der Waals surface area contributed by atoms with Crippen LogP contribution in [0, 0.1) is 5.82 Å². The highest BCUT2D eigenvalue weighted by Gasteiger charge is 2.14. The lowest BCUT2D eigenvalue weighted by atomic mass is 10.0. The van der Waals surface area contributed by atoms with Crippen LogP contribution in [0.15, 0.2) is 30.6 Å². The summed E-state index contributed by atoms with van der Waals surface area (Å²) in [7, 11) is 1.90. The molecule has 0 saturated heterocycles. The average molecular weight is 296 g/mol. The van der Waals surface area contributed by atoms with Gasteiger partial charge in [0.25, 0.3) is 0 Å². The summed E-state index contributed by atoms with van der Waals surface area (Å²) in [6, 6.07) is 5.00. The minimum Gasteiger partial charge on any atom is -0.310 e. The lowest BCUT2D eigenvalue weighted by Gasteiger charge is -2.18. The van der Waals surface area contributed by atoms with E-state index in [-0.39, 0.29) is 16.9 Å². The van der Waals surface area contributed by atoms with E-state index in [2.05, 4.69) is 17.3 Å². The molecule has 108 valence electrons. The van der Waals surface area contributed by atoms with Crippen molar-refractivity contribution in [2.24, 2.45) is 7.05 Å². The summed E-state index contributed by atoms with van der Waals surface area (Å²) in [6.45, 7) is 3.02. The topological polar surface area (TPSA) is 29.9 Å². The van der Waals surface area contributed by atoms with E-state index in [1.54, 1.807) is 16.8 Å². The molecule has 0 fully saturated rings. The van der Waals surface area contributed by atoms with Gasteiger partial charge >= 0.3 is 0 Å². The number of benzene rings is 1. The summed E-state index contributed by atoms with van der Waals surface area (Å²) in [6.07, 6.45) is 5.69. The SMILES string of the molecule is CCCNC(Cc1cnn(C)c1)c1ccc(F)c(Cl)c1. The van der Waals surface area contributed by atoms with Crippen LogP contribution in [0.2, 0.25) is 5.02 Å². The van der Waals surface area contributed by atoms with Crippen LogP contribution in [0.3, 0.4) is 0 Å². The highest BCUT2D eigenvalue weighted by Crippen LogP contribution is 2.23. The minimum absolute atomic E-state index is 0.109. The first-order valence-electron chi connectivity index (χ1n) is 6.76. The van der Waals surface area contributed by atoms with Crippen molar-refractivity contribution in [2.75, 3.05) is 6.54 Å². The molecule has 0 saturated carbocycles. The molecule has 0 radical (unpaired) electrons. The molecule has 1 atom stereocenters. The van der Waals surface area contributed by atoms with Crippen molar-refractivity contribution in [3.63, 3.8) is 0 Å². The van der Waals surface area contributed by atoms with Crippen LogP contribution in [0.4, 0.5) is 4.39 Å². The third-order valence-corrected chi connectivity index (χ3v) is 3.47. The summed E-state index contributed by atoms with van der Waals surface area (Å²) < 4.78 is 15.1. The summed E-state index contributed by atoms with van der Waals surface area (Å²) in [4.78, 5) is 0. The molecule has 20 heavy (non-hydrogen) atoms. The van der Waals surface area contributed by atoms with Crippen LogP contribution in [0.1, 0.15) is 30.5 Å². The number of nitrogens with one attached hydrogen (secondary N) is 1. The molecule has 0 bridgehead atoms. The Labute approximate surface area is 123 Å². The van der Waals surface area contributed by atoms with Crippen LogP contribution in [-0.4, -0.2) is 16.3 Å². The van der Waals surface area contributed by atoms with Crippen molar-refractivity contribution >= 4 is 11.6 Å². The largest absolute Gasteiger partial charge is 0.310 e. The highest BCUT2D eigenvalue weighted by molar-refractivity contribution is 6.30. The Morgan fingerprint density at radius 3 is 2.85 bits per heavy atom. The Morgan fingerprint density at radius 2 is 2.25 bits per heavy atom. The van der Waals surface area contributed by atoms with E-state index in [1.165, 1.54) is 6.07 Å². The Kier molecular flexibility index (Phi) is 5.15. The molecule has 2 aromatic rings. The number of hydrogen-bond donors (Lipinski definition) is 1. The zero-order valence-electron chi connectivity index (χ0n) is 11.7. The summed E-state index contributed by atoms with van der Waals surface area (Å²) in [5, 5.41) is 7.81. The quantitative estimate of drug-likeness (QED) is 0.884. The summed E-state index contributed by atoms with van der Waals surface area (Å²) in [5.74, 6) is -0.383. The normalized spacial score (nSPS) is 12.6. The predicted molar refractivity (Wildman–Crippen MR) is 79.4 cm³/mol. The molecule has 0 spiro atoms. The maximum Gasteiger partial charge on any atom is 0.141 e. The third-order valence-electron chi connectivity index (χ3n) is 3.18. The second kappa shape index (κ2) is 6.86. The maximum absolute atomic E-state index is 13.3. The zero-order chi connectivity index (χ0) is 14.5. The number of halogens is 2. The third kappa shape index (κ3) is 3.81. The molecular weight excluding hydrogens is 277 g/mol. The number of rotatable bonds is 6. The van der Waals surface area contributed by atoms with Gasteiger partial charge in [0.2, 0.25) is 0 Å². The van der Waals surface area contributed by atoms with Gasteiger partial charge in [0.15, 0.2) is 0 Å². The first-order valence-corrected chi connectivity index (χ1v) is 7.13. The Bertz CT molecular complexity index is 568. The fraction of sp³-hybridized carbons (Fsp3) is 0.400. The number of nitrogens with zero attached hydrogens (tertiary/aromatic N) is 2. The van der Waals surface area contributed by atoms with Gasteiger partial charge in [-0.05, 0) is 42.6 Å². The monoisotopic (exact) mass is 295 g/mol. The lowest BCUT2D eigenvalue weighted by molar-refractivity contribution is 0.527. The van der Waals surface area contributed by atoms with Crippen molar-refractivity contribution in [1.82, 2.24) is 15.1 Å². The van der Waals surface area contributed by atoms with E-state index in [1.807, 2.05) is 19.4 Å². The maximum atomic E-state index is 13.3. The second-order valence-electron chi connectivity index (χ2n) is 4.91. The number of hydrogen-bond acceptors (Lipinski definition) is 2. The number of aryl methyl sites for hydroxylation is 1. The number of aromatic nitrogens is 2. The molecule has 0 aliphatic carbocycles. The molecule has 5 heteroatoms. The van der Waals surface area contributed by atoms with Crippen molar-refractivity contribution in [3.8, 4) is 0 Å². The Morgan fingerprint density at radius 1 is 1.45 bits per heavy atom. The van der Waals surface area contributed by atoms with Gasteiger partial charge in [-0.15, -0.1) is 0 Å². The smallest absolute Gasteiger partial charge is 0.141 e. The highest BCUT2D eigenvalue weighted by atomic mass is 35.5. The van der Waals surface area contributed by atoms with E-state index in [0.717, 1.165) is 30.5 Å². The van der Waals surface area contributed by atoms with Crippen LogP contribution in [0.5, 0.6) is 0 Å². The molecule has 0 aliphatic rings. The van der Waals surface area contributed by atoms with Gasteiger partial charge in [0.05, 0.1) is 11.2 Å².